The highest BCUT2D eigenvalue weighted by Crippen LogP contribution is 2.20. The number of unbranched alkanes of at least 4 members (excludes halogenated alkanes) is 55. The molecule has 0 radical (unpaired) electrons. The number of aliphatic hydroxyl groups is 4. The summed E-state index contributed by atoms with van der Waals surface area (Å²) in [5.41, 5.74) is 0. The van der Waals surface area contributed by atoms with E-state index in [0.717, 1.165) is 44.9 Å². The van der Waals surface area contributed by atoms with Gasteiger partial charge in [-0.05, 0) is 70.6 Å². The fraction of sp³-hybridized carbons (Fsp3) is 0.908. The maximum absolute atomic E-state index is 12.7. The van der Waals surface area contributed by atoms with Crippen LogP contribution in [0.5, 0.6) is 0 Å². The van der Waals surface area contributed by atoms with Crippen LogP contribution < -0.4 is 5.32 Å². The number of amides is 1. The van der Waals surface area contributed by atoms with Gasteiger partial charge in [0.15, 0.2) is 0 Å². The molecule has 486 valence electrons. The van der Waals surface area contributed by atoms with E-state index < -0.39 is 36.9 Å². The van der Waals surface area contributed by atoms with Gasteiger partial charge in [-0.2, -0.15) is 0 Å². The summed E-state index contributed by atoms with van der Waals surface area (Å²) in [6, 6.07) is -1.00. The molecule has 0 heterocycles. The molecule has 4 unspecified atom stereocenters. The van der Waals surface area contributed by atoms with Gasteiger partial charge in [0.05, 0.1) is 18.8 Å². The van der Waals surface area contributed by atoms with Crippen molar-refractivity contribution in [2.75, 3.05) is 6.61 Å². The molecule has 0 aromatic heterocycles. The lowest BCUT2D eigenvalue weighted by molar-refractivity contribution is -0.132. The summed E-state index contributed by atoms with van der Waals surface area (Å²) >= 11 is 0. The van der Waals surface area contributed by atoms with Gasteiger partial charge < -0.3 is 25.7 Å². The van der Waals surface area contributed by atoms with Crippen molar-refractivity contribution in [1.82, 2.24) is 5.32 Å². The third-order valence-electron chi connectivity index (χ3n) is 17.8. The number of carbonyl (C=O) groups is 1. The second-order valence-electron chi connectivity index (χ2n) is 26.0. The molecular formula is C76H147NO5. The van der Waals surface area contributed by atoms with Crippen LogP contribution in [0.3, 0.4) is 0 Å². The minimum absolute atomic E-state index is 0.365. The van der Waals surface area contributed by atoms with E-state index in [4.69, 9.17) is 0 Å². The van der Waals surface area contributed by atoms with Crippen LogP contribution in [0.4, 0.5) is 0 Å². The van der Waals surface area contributed by atoms with E-state index in [9.17, 15) is 25.2 Å². The Morgan fingerprint density at radius 1 is 0.305 bits per heavy atom. The number of nitrogens with one attached hydrogen (secondary N) is 1. The summed E-state index contributed by atoms with van der Waals surface area (Å²) in [5.74, 6) is -0.587. The Morgan fingerprint density at radius 3 is 0.805 bits per heavy atom. The van der Waals surface area contributed by atoms with Gasteiger partial charge in [0, 0.05) is 0 Å². The molecule has 6 nitrogen and oxygen atoms in total. The minimum Gasteiger partial charge on any atom is -0.394 e. The largest absolute Gasteiger partial charge is 0.394 e. The molecule has 0 aliphatic heterocycles. The summed E-state index contributed by atoms with van der Waals surface area (Å²) in [6.45, 7) is 4.10. The smallest absolute Gasteiger partial charge is 0.249 e. The Labute approximate surface area is 513 Å². The Morgan fingerprint density at radius 2 is 0.537 bits per heavy atom. The van der Waals surface area contributed by atoms with Gasteiger partial charge in [-0.25, -0.2) is 0 Å². The van der Waals surface area contributed by atoms with Crippen molar-refractivity contribution in [1.29, 1.82) is 0 Å². The second kappa shape index (κ2) is 70.3. The van der Waals surface area contributed by atoms with Crippen LogP contribution in [0.15, 0.2) is 36.5 Å². The van der Waals surface area contributed by atoms with Crippen LogP contribution in [0.25, 0.3) is 0 Å². The van der Waals surface area contributed by atoms with Crippen molar-refractivity contribution in [2.45, 2.75) is 436 Å². The van der Waals surface area contributed by atoms with Crippen molar-refractivity contribution in [3.05, 3.63) is 36.5 Å². The zero-order chi connectivity index (χ0) is 59.4. The summed E-state index contributed by atoms with van der Waals surface area (Å²) in [5, 5.41) is 44.3. The normalized spacial score (nSPS) is 13.6. The zero-order valence-electron chi connectivity index (χ0n) is 55.5. The van der Waals surface area contributed by atoms with Gasteiger partial charge in [-0.1, -0.05) is 378 Å². The lowest BCUT2D eigenvalue weighted by Gasteiger charge is -2.27. The molecule has 0 saturated heterocycles. The van der Waals surface area contributed by atoms with Crippen molar-refractivity contribution in [3.8, 4) is 0 Å². The number of hydrogen-bond acceptors (Lipinski definition) is 5. The molecule has 5 N–H and O–H groups in total. The number of hydrogen-bond donors (Lipinski definition) is 5. The second-order valence-corrected chi connectivity index (χ2v) is 26.0. The minimum atomic E-state index is -1.28. The maximum Gasteiger partial charge on any atom is 0.249 e. The first-order valence-electron chi connectivity index (χ1n) is 37.4. The summed E-state index contributed by atoms with van der Waals surface area (Å²) < 4.78 is 0. The van der Waals surface area contributed by atoms with Crippen LogP contribution in [-0.2, 0) is 4.79 Å². The molecule has 0 saturated carbocycles. The van der Waals surface area contributed by atoms with Gasteiger partial charge >= 0.3 is 0 Å². The van der Waals surface area contributed by atoms with E-state index in [2.05, 4.69) is 55.6 Å². The molecule has 82 heavy (non-hydrogen) atoms. The predicted octanol–water partition coefficient (Wildman–Crippen LogP) is 23.4. The van der Waals surface area contributed by atoms with Gasteiger partial charge in [0.25, 0.3) is 0 Å². The summed E-state index contributed by atoms with van der Waals surface area (Å²) in [4.78, 5) is 12.7. The Balaban J connectivity index is 3.55. The van der Waals surface area contributed by atoms with Crippen molar-refractivity contribution >= 4 is 5.91 Å². The first-order valence-corrected chi connectivity index (χ1v) is 37.4. The van der Waals surface area contributed by atoms with E-state index in [1.807, 2.05) is 0 Å². The first kappa shape index (κ1) is 80.5. The molecular weight excluding hydrogens is 1010 g/mol. The van der Waals surface area contributed by atoms with Crippen LogP contribution in [0, 0.1) is 0 Å². The third-order valence-corrected chi connectivity index (χ3v) is 17.8. The quantitative estimate of drug-likeness (QED) is 0.0308. The fourth-order valence-electron chi connectivity index (χ4n) is 12.0. The number of allylic oxidation sites excluding steroid dienone is 6. The molecule has 0 aliphatic carbocycles. The highest BCUT2D eigenvalue weighted by Gasteiger charge is 2.28. The molecule has 0 aliphatic rings. The van der Waals surface area contributed by atoms with Crippen LogP contribution in [0.2, 0.25) is 0 Å². The van der Waals surface area contributed by atoms with E-state index >= 15 is 0 Å². The van der Waals surface area contributed by atoms with Gasteiger partial charge in [-0.3, -0.25) is 4.79 Å². The van der Waals surface area contributed by atoms with Gasteiger partial charge in [-0.15, -0.1) is 0 Å². The summed E-state index contributed by atoms with van der Waals surface area (Å²) in [6.07, 6.45) is 91.5. The maximum atomic E-state index is 12.7. The predicted molar refractivity (Wildman–Crippen MR) is 362 cm³/mol. The highest BCUT2D eigenvalue weighted by molar-refractivity contribution is 5.80. The van der Waals surface area contributed by atoms with Crippen LogP contribution >= 0.6 is 0 Å². The SMILES string of the molecule is CCCCCCCCCCCCC/C=C\C/C=C\CCCCCCCCCCCCCCCCCCC(O)C(=O)NC(CO)C(O)C(O)CCC/C=C/CCCCCCCCCCCCCCCCCCCCCCCCCCCCC. The average molecular weight is 1160 g/mol. The first-order chi connectivity index (χ1) is 40.5. The molecule has 0 spiro atoms. The van der Waals surface area contributed by atoms with Gasteiger partial charge in [0.1, 0.15) is 12.2 Å². The van der Waals surface area contributed by atoms with Crippen molar-refractivity contribution in [3.63, 3.8) is 0 Å². The molecule has 0 fully saturated rings. The highest BCUT2D eigenvalue weighted by atomic mass is 16.3. The fourth-order valence-corrected chi connectivity index (χ4v) is 12.0. The number of aliphatic hydroxyl groups excluding tert-OH is 4. The molecule has 4 atom stereocenters. The topological polar surface area (TPSA) is 110 Å². The lowest BCUT2D eigenvalue weighted by Crippen LogP contribution is -2.53. The third kappa shape index (κ3) is 63.0. The standard InChI is InChI=1S/C76H147NO5/c1-3-5-7-9-11-13-15-17-19-21-23-25-27-29-31-33-35-37-38-40-42-44-46-48-50-52-54-56-58-60-62-64-66-68-70-74(80)76(82)77-72(71-78)75(81)73(79)69-67-65-63-61-59-57-55-53-51-49-47-45-43-41-39-36-34-32-30-28-26-24-22-20-18-16-14-12-10-8-6-4-2/h27,29,33,35,61,63,72-75,78-81H,3-26,28,30-32,34,36-60,62,64-71H2,1-2H3,(H,77,82)/b29-27-,35-33-,63-61+. The Hall–Kier alpha value is -1.47. The zero-order valence-corrected chi connectivity index (χ0v) is 55.5. The Kier molecular flexibility index (Phi) is 69.0. The monoisotopic (exact) mass is 1150 g/mol. The molecule has 0 rings (SSSR count). The van der Waals surface area contributed by atoms with Crippen molar-refractivity contribution in [2.24, 2.45) is 0 Å². The van der Waals surface area contributed by atoms with E-state index in [1.165, 1.54) is 340 Å². The van der Waals surface area contributed by atoms with Crippen LogP contribution in [0.1, 0.15) is 412 Å². The van der Waals surface area contributed by atoms with E-state index in [-0.39, 0.29) is 0 Å². The van der Waals surface area contributed by atoms with E-state index in [1.54, 1.807) is 0 Å². The van der Waals surface area contributed by atoms with Crippen LogP contribution in [-0.4, -0.2) is 57.3 Å². The lowest BCUT2D eigenvalue weighted by atomic mass is 10.00. The molecule has 0 bridgehead atoms. The average Bonchev–Trinajstić information content (AvgIpc) is 3.48. The number of rotatable bonds is 70. The molecule has 0 aromatic carbocycles. The van der Waals surface area contributed by atoms with Crippen molar-refractivity contribution < 1.29 is 25.2 Å². The molecule has 1 amide bonds. The number of carbonyl (C=O) groups excluding carboxylic acids is 1. The molecule has 0 aromatic rings. The van der Waals surface area contributed by atoms with E-state index in [0.29, 0.717) is 12.8 Å². The Bertz CT molecular complexity index is 1300. The molecule has 6 heteroatoms. The van der Waals surface area contributed by atoms with Gasteiger partial charge in [0.2, 0.25) is 5.91 Å². The summed E-state index contributed by atoms with van der Waals surface area (Å²) in [7, 11) is 0.